The number of carbonyl (C=O) groups is 1. The number of carbonyl (C=O) groups excluding carboxylic acids is 1. The second kappa shape index (κ2) is 3.79. The molecule has 4 rings (SSSR count). The highest BCUT2D eigenvalue weighted by molar-refractivity contribution is 6.08. The van der Waals surface area contributed by atoms with E-state index in [0.717, 1.165) is 17.5 Å². The number of nitrogens with zero attached hydrogens (tertiary/aromatic N) is 2. The van der Waals surface area contributed by atoms with Gasteiger partial charge >= 0.3 is 0 Å². The number of hydrogen-bond donors (Lipinski definition) is 0. The minimum atomic E-state index is -0.0826. The van der Waals surface area contributed by atoms with Crippen LogP contribution in [0.25, 0.3) is 0 Å². The quantitative estimate of drug-likeness (QED) is 0.729. The van der Waals surface area contributed by atoms with Crippen molar-refractivity contribution in [3.8, 4) is 0 Å². The van der Waals surface area contributed by atoms with Crippen molar-refractivity contribution in [2.24, 2.45) is 0 Å². The van der Waals surface area contributed by atoms with Crippen LogP contribution in [-0.2, 0) is 11.8 Å². The van der Waals surface area contributed by atoms with Crippen LogP contribution in [0.15, 0.2) is 36.2 Å². The van der Waals surface area contributed by atoms with Crippen molar-refractivity contribution in [1.29, 1.82) is 0 Å². The summed E-state index contributed by atoms with van der Waals surface area (Å²) in [5.41, 5.74) is 5.78. The van der Waals surface area contributed by atoms with Crippen molar-refractivity contribution in [2.45, 2.75) is 38.8 Å². The van der Waals surface area contributed by atoms with E-state index in [-0.39, 0.29) is 11.2 Å². The first kappa shape index (κ1) is 12.7. The summed E-state index contributed by atoms with van der Waals surface area (Å²) >= 11 is 0. The Kier molecular flexibility index (Phi) is 2.29. The van der Waals surface area contributed by atoms with Crippen molar-refractivity contribution in [3.63, 3.8) is 0 Å². The number of anilines is 1. The molecule has 1 atom stereocenters. The van der Waals surface area contributed by atoms with E-state index in [2.05, 4.69) is 56.0 Å². The lowest BCUT2D eigenvalue weighted by atomic mass is 9.76. The van der Waals surface area contributed by atoms with Crippen molar-refractivity contribution in [1.82, 2.24) is 4.90 Å². The van der Waals surface area contributed by atoms with E-state index in [0.29, 0.717) is 6.17 Å². The number of hydrogen-bond acceptors (Lipinski definition) is 3. The van der Waals surface area contributed by atoms with Crippen LogP contribution in [0.3, 0.4) is 0 Å². The van der Waals surface area contributed by atoms with Crippen LogP contribution in [0.4, 0.5) is 5.69 Å². The Balaban J connectivity index is 1.90. The summed E-state index contributed by atoms with van der Waals surface area (Å²) in [6.45, 7) is 6.49. The third-order valence-electron chi connectivity index (χ3n) is 5.16. The highest BCUT2D eigenvalue weighted by Crippen LogP contribution is 2.43. The molecule has 1 unspecified atom stereocenters. The Morgan fingerprint density at radius 2 is 2.05 bits per heavy atom. The third-order valence-corrected chi connectivity index (χ3v) is 5.16. The highest BCUT2D eigenvalue weighted by atomic mass is 16.1. The first-order valence-corrected chi connectivity index (χ1v) is 7.49. The predicted molar refractivity (Wildman–Crippen MR) is 84.4 cm³/mol. The minimum Gasteiger partial charge on any atom is -0.356 e. The molecule has 0 aromatic heterocycles. The van der Waals surface area contributed by atoms with Crippen LogP contribution in [-0.4, -0.2) is 23.9 Å². The van der Waals surface area contributed by atoms with Crippen molar-refractivity contribution in [3.05, 3.63) is 52.9 Å². The maximum Gasteiger partial charge on any atom is 0.185 e. The zero-order valence-electron chi connectivity index (χ0n) is 13.0. The molecule has 1 aromatic rings. The molecule has 0 saturated heterocycles. The average molecular weight is 280 g/mol. The van der Waals surface area contributed by atoms with E-state index < -0.39 is 0 Å². The van der Waals surface area contributed by atoms with E-state index in [4.69, 9.17) is 0 Å². The van der Waals surface area contributed by atoms with Crippen molar-refractivity contribution in [2.75, 3.05) is 11.9 Å². The number of fused-ring (bicyclic) bond motifs is 4. The van der Waals surface area contributed by atoms with E-state index >= 15 is 0 Å². The molecule has 1 aliphatic carbocycles. The fraction of sp³-hybridized carbons (Fsp3) is 0.389. The van der Waals surface area contributed by atoms with Gasteiger partial charge in [0.1, 0.15) is 6.17 Å². The van der Waals surface area contributed by atoms with Crippen LogP contribution in [0.2, 0.25) is 0 Å². The summed E-state index contributed by atoms with van der Waals surface area (Å²) in [6, 6.07) is 4.35. The Morgan fingerprint density at radius 1 is 1.29 bits per heavy atom. The fourth-order valence-corrected chi connectivity index (χ4v) is 3.70. The van der Waals surface area contributed by atoms with Gasteiger partial charge in [0.25, 0.3) is 0 Å². The molecule has 0 radical (unpaired) electrons. The van der Waals surface area contributed by atoms with E-state index in [1.807, 2.05) is 6.08 Å². The number of ketones is 1. The molecule has 0 amide bonds. The Morgan fingerprint density at radius 3 is 2.81 bits per heavy atom. The molecule has 108 valence electrons. The Bertz CT molecular complexity index is 727. The van der Waals surface area contributed by atoms with E-state index in [9.17, 15) is 4.79 Å². The van der Waals surface area contributed by atoms with Crippen LogP contribution in [0.5, 0.6) is 0 Å². The standard InChI is InChI=1S/C18H20N2O/c1-11-10-20-15-9-14-13(16(21)5-6-18(14,2)3)7-12(15)8-17(20)19(11)4/h5-7,9-10,17H,8H2,1-4H3. The van der Waals surface area contributed by atoms with Gasteiger partial charge in [0.2, 0.25) is 0 Å². The molecule has 0 spiro atoms. The molecule has 3 aliphatic rings. The van der Waals surface area contributed by atoms with Gasteiger partial charge in [-0.2, -0.15) is 0 Å². The Hall–Kier alpha value is -2.03. The zero-order valence-corrected chi connectivity index (χ0v) is 13.0. The Labute approximate surface area is 125 Å². The van der Waals surface area contributed by atoms with Gasteiger partial charge in [-0.3, -0.25) is 4.79 Å². The van der Waals surface area contributed by atoms with Crippen LogP contribution in [0.1, 0.15) is 42.3 Å². The molecule has 2 heterocycles. The SMILES string of the molecule is CC1=CN2c3cc4c(cc3CC2N1C)C(=O)C=CC4(C)C. The van der Waals surface area contributed by atoms with Gasteiger partial charge in [-0.05, 0) is 36.3 Å². The lowest BCUT2D eigenvalue weighted by molar-refractivity contribution is 0.104. The summed E-state index contributed by atoms with van der Waals surface area (Å²) in [7, 11) is 2.14. The third kappa shape index (κ3) is 1.57. The zero-order chi connectivity index (χ0) is 14.9. The van der Waals surface area contributed by atoms with Gasteiger partial charge < -0.3 is 9.80 Å². The second-order valence-corrected chi connectivity index (χ2v) is 6.92. The molecule has 0 saturated carbocycles. The first-order chi connectivity index (χ1) is 9.88. The molecular weight excluding hydrogens is 260 g/mol. The maximum atomic E-state index is 12.2. The normalized spacial score (nSPS) is 24.9. The van der Waals surface area contributed by atoms with Crippen LogP contribution in [0, 0.1) is 0 Å². The van der Waals surface area contributed by atoms with Gasteiger partial charge in [0, 0.05) is 42.0 Å². The second-order valence-electron chi connectivity index (χ2n) is 6.92. The maximum absolute atomic E-state index is 12.2. The number of likely N-dealkylation sites (N-methyl/N-ethyl adjacent to an activating group) is 1. The summed E-state index contributed by atoms with van der Waals surface area (Å²) in [6.07, 6.45) is 7.31. The molecule has 0 bridgehead atoms. The van der Waals surface area contributed by atoms with E-state index in [1.54, 1.807) is 6.08 Å². The predicted octanol–water partition coefficient (Wildman–Crippen LogP) is 3.21. The lowest BCUT2D eigenvalue weighted by Gasteiger charge is -2.29. The van der Waals surface area contributed by atoms with Crippen LogP contribution >= 0.6 is 0 Å². The molecule has 2 aliphatic heterocycles. The average Bonchev–Trinajstić information content (AvgIpc) is 2.91. The monoisotopic (exact) mass is 280 g/mol. The summed E-state index contributed by atoms with van der Waals surface area (Å²) in [5, 5.41) is 0. The highest BCUT2D eigenvalue weighted by Gasteiger charge is 2.38. The summed E-state index contributed by atoms with van der Waals surface area (Å²) in [5.74, 6) is 0.138. The van der Waals surface area contributed by atoms with Gasteiger partial charge in [-0.15, -0.1) is 0 Å². The molecule has 1 aromatic carbocycles. The molecule has 0 N–H and O–H groups in total. The number of allylic oxidation sites excluding steroid dienone is 3. The molecule has 3 heteroatoms. The van der Waals surface area contributed by atoms with Gasteiger partial charge in [-0.1, -0.05) is 19.9 Å². The minimum absolute atomic E-state index is 0.0826. The van der Waals surface area contributed by atoms with Gasteiger partial charge in [0.15, 0.2) is 5.78 Å². The molecule has 3 nitrogen and oxygen atoms in total. The van der Waals surface area contributed by atoms with Crippen LogP contribution < -0.4 is 4.90 Å². The first-order valence-electron chi connectivity index (χ1n) is 7.49. The summed E-state index contributed by atoms with van der Waals surface area (Å²) in [4.78, 5) is 16.9. The van der Waals surface area contributed by atoms with E-state index in [1.165, 1.54) is 16.9 Å². The van der Waals surface area contributed by atoms with Gasteiger partial charge in [-0.25, -0.2) is 0 Å². The van der Waals surface area contributed by atoms with Gasteiger partial charge in [0.05, 0.1) is 0 Å². The topological polar surface area (TPSA) is 23.6 Å². The molecule has 21 heavy (non-hydrogen) atoms. The molecule has 0 fully saturated rings. The molecular formula is C18H20N2O. The smallest absolute Gasteiger partial charge is 0.185 e. The largest absolute Gasteiger partial charge is 0.356 e. The number of benzene rings is 1. The lowest BCUT2D eigenvalue weighted by Crippen LogP contribution is -2.34. The van der Waals surface area contributed by atoms with Crippen molar-refractivity contribution >= 4 is 11.5 Å². The summed E-state index contributed by atoms with van der Waals surface area (Å²) < 4.78 is 0. The number of rotatable bonds is 0. The fourth-order valence-electron chi connectivity index (χ4n) is 3.70. The van der Waals surface area contributed by atoms with Crippen molar-refractivity contribution < 1.29 is 4.79 Å².